The molecule has 0 aromatic rings. The number of esters is 1. The third-order valence-electron chi connectivity index (χ3n) is 1.51. The standard InChI is InChI=1S/C10H14O5/c1-4-14-10(13)9(8(3)12)15-6-7(2)5-11/h9H,4,6H2,1-3H3. The Kier molecular flexibility index (Phi) is 6.25. The smallest absolute Gasteiger partial charge is 0.343 e. The van der Waals surface area contributed by atoms with Crippen LogP contribution in [0.5, 0.6) is 0 Å². The molecule has 0 aromatic carbocycles. The summed E-state index contributed by atoms with van der Waals surface area (Å²) in [6.07, 6.45) is -1.26. The lowest BCUT2D eigenvalue weighted by Crippen LogP contribution is -2.33. The fourth-order valence-corrected chi connectivity index (χ4v) is 0.807. The van der Waals surface area contributed by atoms with Crippen molar-refractivity contribution in [3.63, 3.8) is 0 Å². The summed E-state index contributed by atoms with van der Waals surface area (Å²) >= 11 is 0. The van der Waals surface area contributed by atoms with Crippen molar-refractivity contribution in [2.75, 3.05) is 13.2 Å². The summed E-state index contributed by atoms with van der Waals surface area (Å²) in [5.74, 6) is 0.424. The van der Waals surface area contributed by atoms with E-state index in [4.69, 9.17) is 4.74 Å². The van der Waals surface area contributed by atoms with Crippen LogP contribution in [0, 0.1) is 0 Å². The molecule has 0 heterocycles. The Morgan fingerprint density at radius 1 is 1.33 bits per heavy atom. The van der Waals surface area contributed by atoms with Crippen molar-refractivity contribution >= 4 is 17.7 Å². The third-order valence-corrected chi connectivity index (χ3v) is 1.51. The van der Waals surface area contributed by atoms with Gasteiger partial charge in [-0.3, -0.25) is 4.79 Å². The highest BCUT2D eigenvalue weighted by Gasteiger charge is 2.25. The van der Waals surface area contributed by atoms with Crippen molar-refractivity contribution in [3.8, 4) is 0 Å². The molecular formula is C10H14O5. The number of ether oxygens (including phenoxy) is 2. The molecular weight excluding hydrogens is 200 g/mol. The maximum atomic E-state index is 11.2. The molecule has 0 saturated carbocycles. The zero-order valence-electron chi connectivity index (χ0n) is 9.03. The van der Waals surface area contributed by atoms with Crippen LogP contribution in [0.1, 0.15) is 20.8 Å². The average molecular weight is 214 g/mol. The Morgan fingerprint density at radius 3 is 2.33 bits per heavy atom. The molecule has 0 aliphatic heterocycles. The van der Waals surface area contributed by atoms with Gasteiger partial charge in [0.05, 0.1) is 13.2 Å². The number of hydrogen-bond donors (Lipinski definition) is 0. The average Bonchev–Trinajstić information content (AvgIpc) is 2.17. The summed E-state index contributed by atoms with van der Waals surface area (Å²) < 4.78 is 9.59. The summed E-state index contributed by atoms with van der Waals surface area (Å²) in [4.78, 5) is 32.4. The number of hydrogen-bond acceptors (Lipinski definition) is 5. The number of carbonyl (C=O) groups excluding carboxylic acids is 3. The van der Waals surface area contributed by atoms with Gasteiger partial charge in [-0.25, -0.2) is 9.59 Å². The molecule has 0 saturated heterocycles. The van der Waals surface area contributed by atoms with Gasteiger partial charge in [0.15, 0.2) is 5.78 Å². The highest BCUT2D eigenvalue weighted by atomic mass is 16.6. The van der Waals surface area contributed by atoms with Crippen LogP contribution >= 0.6 is 0 Å². The van der Waals surface area contributed by atoms with E-state index in [1.54, 1.807) is 12.9 Å². The van der Waals surface area contributed by atoms with Crippen molar-refractivity contribution < 1.29 is 23.9 Å². The van der Waals surface area contributed by atoms with E-state index >= 15 is 0 Å². The minimum atomic E-state index is -1.26. The van der Waals surface area contributed by atoms with Crippen LogP contribution in [-0.2, 0) is 23.9 Å². The second-order valence-corrected chi connectivity index (χ2v) is 2.94. The van der Waals surface area contributed by atoms with Gasteiger partial charge in [-0.2, -0.15) is 0 Å². The number of Topliss-reactive ketones (excluding diaryl/α,β-unsaturated/α-hetero) is 1. The SMILES string of the molecule is CCOC(=O)C(OCC(C)=C=O)C(C)=O. The van der Waals surface area contributed by atoms with Crippen molar-refractivity contribution in [2.24, 2.45) is 0 Å². The van der Waals surface area contributed by atoms with Crippen molar-refractivity contribution in [3.05, 3.63) is 5.57 Å². The molecule has 0 N–H and O–H groups in total. The van der Waals surface area contributed by atoms with E-state index in [1.165, 1.54) is 13.8 Å². The quantitative estimate of drug-likeness (QED) is 0.361. The van der Waals surface area contributed by atoms with Gasteiger partial charge in [0.2, 0.25) is 6.10 Å². The van der Waals surface area contributed by atoms with Gasteiger partial charge >= 0.3 is 5.97 Å². The highest BCUT2D eigenvalue weighted by molar-refractivity contribution is 6.00. The Hall–Kier alpha value is -1.45. The molecule has 0 aromatic heterocycles. The molecule has 1 atom stereocenters. The molecule has 1 unspecified atom stereocenters. The van der Waals surface area contributed by atoms with Crippen LogP contribution in [0.2, 0.25) is 0 Å². The summed E-state index contributed by atoms with van der Waals surface area (Å²) in [7, 11) is 0. The Labute approximate surface area is 88.0 Å². The van der Waals surface area contributed by atoms with Crippen LogP contribution in [-0.4, -0.2) is 37.0 Å². The maximum absolute atomic E-state index is 11.2. The van der Waals surface area contributed by atoms with Crippen LogP contribution in [0.15, 0.2) is 5.57 Å². The van der Waals surface area contributed by atoms with E-state index < -0.39 is 17.9 Å². The van der Waals surface area contributed by atoms with Crippen molar-refractivity contribution in [1.82, 2.24) is 0 Å². The predicted molar refractivity (Wildman–Crippen MR) is 51.9 cm³/mol. The van der Waals surface area contributed by atoms with Crippen molar-refractivity contribution in [1.29, 1.82) is 0 Å². The lowest BCUT2D eigenvalue weighted by atomic mass is 10.2. The van der Waals surface area contributed by atoms with E-state index in [-0.39, 0.29) is 18.8 Å². The predicted octanol–water partition coefficient (Wildman–Crippen LogP) is 0.302. The van der Waals surface area contributed by atoms with Gasteiger partial charge in [0.25, 0.3) is 0 Å². The zero-order chi connectivity index (χ0) is 11.8. The van der Waals surface area contributed by atoms with Crippen LogP contribution in [0.3, 0.4) is 0 Å². The van der Waals surface area contributed by atoms with Gasteiger partial charge in [-0.1, -0.05) is 0 Å². The van der Waals surface area contributed by atoms with Crippen LogP contribution in [0.25, 0.3) is 0 Å². The topological polar surface area (TPSA) is 69.7 Å². The summed E-state index contributed by atoms with van der Waals surface area (Å²) in [6.45, 7) is 4.42. The summed E-state index contributed by atoms with van der Waals surface area (Å²) in [5, 5.41) is 0. The van der Waals surface area contributed by atoms with Gasteiger partial charge in [0.1, 0.15) is 5.94 Å². The molecule has 0 aliphatic rings. The molecule has 0 spiro atoms. The largest absolute Gasteiger partial charge is 0.464 e. The minimum Gasteiger partial charge on any atom is -0.464 e. The Bertz CT molecular complexity index is 288. The molecule has 0 rings (SSSR count). The fraction of sp³-hybridized carbons (Fsp3) is 0.600. The second kappa shape index (κ2) is 6.92. The molecule has 0 amide bonds. The molecule has 0 fully saturated rings. The first-order valence-corrected chi connectivity index (χ1v) is 4.52. The molecule has 0 bridgehead atoms. The van der Waals surface area contributed by atoms with Gasteiger partial charge in [-0.05, 0) is 20.8 Å². The first kappa shape index (κ1) is 13.5. The van der Waals surface area contributed by atoms with Gasteiger partial charge in [0, 0.05) is 5.57 Å². The molecule has 0 radical (unpaired) electrons. The number of ketones is 1. The van der Waals surface area contributed by atoms with Gasteiger partial charge < -0.3 is 9.47 Å². The van der Waals surface area contributed by atoms with Crippen molar-refractivity contribution in [2.45, 2.75) is 26.9 Å². The molecule has 5 heteroatoms. The first-order chi connectivity index (χ1) is 7.02. The van der Waals surface area contributed by atoms with Crippen LogP contribution in [0.4, 0.5) is 0 Å². The minimum absolute atomic E-state index is 0.105. The normalized spacial score (nSPS) is 11.4. The van der Waals surface area contributed by atoms with Crippen LogP contribution < -0.4 is 0 Å². The number of carbonyl (C=O) groups is 2. The Morgan fingerprint density at radius 2 is 1.93 bits per heavy atom. The Balaban J connectivity index is 4.35. The van der Waals surface area contributed by atoms with E-state index in [2.05, 4.69) is 4.74 Å². The summed E-state index contributed by atoms with van der Waals surface area (Å²) in [5.41, 5.74) is 0.283. The lowest BCUT2D eigenvalue weighted by molar-refractivity contribution is -0.160. The molecule has 15 heavy (non-hydrogen) atoms. The molecule has 84 valence electrons. The monoisotopic (exact) mass is 214 g/mol. The molecule has 5 nitrogen and oxygen atoms in total. The maximum Gasteiger partial charge on any atom is 0.343 e. The molecule has 0 aliphatic carbocycles. The highest BCUT2D eigenvalue weighted by Crippen LogP contribution is 2.00. The van der Waals surface area contributed by atoms with E-state index in [0.29, 0.717) is 0 Å². The summed E-state index contributed by atoms with van der Waals surface area (Å²) in [6, 6.07) is 0. The van der Waals surface area contributed by atoms with E-state index in [9.17, 15) is 14.4 Å². The first-order valence-electron chi connectivity index (χ1n) is 4.52. The second-order valence-electron chi connectivity index (χ2n) is 2.94. The van der Waals surface area contributed by atoms with E-state index in [0.717, 1.165) is 0 Å². The number of rotatable bonds is 6. The fourth-order valence-electron chi connectivity index (χ4n) is 0.807. The lowest BCUT2D eigenvalue weighted by Gasteiger charge is -2.12. The van der Waals surface area contributed by atoms with Gasteiger partial charge in [-0.15, -0.1) is 0 Å². The third kappa shape index (κ3) is 5.10. The van der Waals surface area contributed by atoms with E-state index in [1.807, 2.05) is 0 Å². The zero-order valence-corrected chi connectivity index (χ0v) is 9.03.